The highest BCUT2D eigenvalue weighted by atomic mass is 32.2. The molecule has 3 fully saturated rings. The predicted molar refractivity (Wildman–Crippen MR) is 142 cm³/mol. The zero-order valence-electron chi connectivity index (χ0n) is 22.1. The molecule has 0 radical (unpaired) electrons. The molecule has 0 bridgehead atoms. The third kappa shape index (κ3) is 4.51. The summed E-state index contributed by atoms with van der Waals surface area (Å²) in [6, 6.07) is 7.73. The first-order valence-corrected chi connectivity index (χ1v) is 15.4. The van der Waals surface area contributed by atoms with Crippen molar-refractivity contribution >= 4 is 21.9 Å². The minimum Gasteiger partial charge on any atom is -0.508 e. The van der Waals surface area contributed by atoms with E-state index in [1.165, 1.54) is 34.4 Å². The number of aromatic hydroxyl groups is 1. The Kier molecular flexibility index (Phi) is 6.45. The summed E-state index contributed by atoms with van der Waals surface area (Å²) < 4.78 is 29.2. The van der Waals surface area contributed by atoms with Gasteiger partial charge in [-0.05, 0) is 105 Å². The molecule has 2 aromatic rings. The number of amides is 1. The molecule has 3 aliphatic carbocycles. The number of likely N-dealkylation sites (tertiary alicyclic amines) is 1. The van der Waals surface area contributed by atoms with Gasteiger partial charge in [0.25, 0.3) is 15.9 Å². The number of fused-ring (bicyclic) bond motifs is 5. The van der Waals surface area contributed by atoms with Gasteiger partial charge in [0.1, 0.15) is 17.9 Å². The molecule has 1 aromatic carbocycles. The Labute approximate surface area is 228 Å². The van der Waals surface area contributed by atoms with Crippen molar-refractivity contribution < 1.29 is 27.9 Å². The summed E-state index contributed by atoms with van der Waals surface area (Å²) in [6.45, 7) is 2.71. The molecule has 0 unspecified atom stereocenters. The van der Waals surface area contributed by atoms with Gasteiger partial charge in [0.2, 0.25) is 0 Å². The molecule has 1 saturated heterocycles. The predicted octanol–water partition coefficient (Wildman–Crippen LogP) is 3.51. The van der Waals surface area contributed by atoms with E-state index in [0.717, 1.165) is 38.5 Å². The van der Waals surface area contributed by atoms with Gasteiger partial charge in [0, 0.05) is 18.2 Å². The molecule has 6 rings (SSSR count). The molecule has 10 heteroatoms. The van der Waals surface area contributed by atoms with Gasteiger partial charge in [-0.2, -0.15) is 0 Å². The lowest BCUT2D eigenvalue weighted by atomic mass is 9.55. The van der Waals surface area contributed by atoms with Crippen LogP contribution in [0.3, 0.4) is 0 Å². The molecular formula is C29H35N3O6S. The number of primary sulfonamides is 1. The molecule has 0 spiro atoms. The molecule has 2 saturated carbocycles. The van der Waals surface area contributed by atoms with Crippen molar-refractivity contribution in [3.8, 4) is 5.75 Å². The number of rotatable bonds is 4. The molecule has 4 aliphatic rings. The number of nitrogens with zero attached hydrogens (tertiary/aromatic N) is 2. The second-order valence-electron chi connectivity index (χ2n) is 11.9. The van der Waals surface area contributed by atoms with E-state index >= 15 is 0 Å². The van der Waals surface area contributed by atoms with Gasteiger partial charge in [-0.1, -0.05) is 13.0 Å². The van der Waals surface area contributed by atoms with Gasteiger partial charge in [-0.3, -0.25) is 4.79 Å². The van der Waals surface area contributed by atoms with Crippen molar-refractivity contribution in [2.24, 2.45) is 22.4 Å². The van der Waals surface area contributed by atoms with E-state index in [1.807, 2.05) is 6.07 Å². The van der Waals surface area contributed by atoms with E-state index in [4.69, 9.17) is 9.88 Å². The number of carbonyl (C=O) groups is 2. The first-order valence-electron chi connectivity index (χ1n) is 13.9. The maximum atomic E-state index is 13.5. The van der Waals surface area contributed by atoms with Gasteiger partial charge in [-0.15, -0.1) is 0 Å². The van der Waals surface area contributed by atoms with Crippen LogP contribution in [0.1, 0.15) is 79.3 Å². The van der Waals surface area contributed by atoms with E-state index in [2.05, 4.69) is 18.0 Å². The number of sulfonamides is 1. The molecule has 3 N–H and O–H groups in total. The molecule has 1 aromatic heterocycles. The Morgan fingerprint density at radius 1 is 1.13 bits per heavy atom. The van der Waals surface area contributed by atoms with Gasteiger partial charge in [0.05, 0.1) is 5.56 Å². The molecular weight excluding hydrogens is 518 g/mol. The number of benzene rings is 1. The van der Waals surface area contributed by atoms with Gasteiger partial charge >= 0.3 is 5.97 Å². The standard InChI is InChI=1S/C29H35N3O6S/c1-29-13-12-21-20-8-6-19(33)15-17(20)4-7-22(21)23(29)9-10-25(29)38-28(35)24-3-2-14-32(24)27(34)18-5-11-26(31-16-18)39(30,36)37/h5-6,8,11,15-16,21-25,33H,2-4,7,9-10,12-14H2,1H3,(H2,30,36,37)/t21-,22-,23+,24+,25+,29+/m1/s1. The molecule has 208 valence electrons. The number of carbonyl (C=O) groups excluding carboxylic acids is 2. The summed E-state index contributed by atoms with van der Waals surface area (Å²) in [5, 5.41) is 14.7. The van der Waals surface area contributed by atoms with E-state index in [1.54, 1.807) is 6.07 Å². The fraction of sp³-hybridized carbons (Fsp3) is 0.552. The fourth-order valence-corrected chi connectivity index (χ4v) is 8.49. The molecule has 1 amide bonds. The first kappa shape index (κ1) is 26.3. The number of ether oxygens (including phenoxy) is 1. The number of hydrogen-bond donors (Lipinski definition) is 2. The van der Waals surface area contributed by atoms with Crippen LogP contribution in [0.5, 0.6) is 5.75 Å². The lowest BCUT2D eigenvalue weighted by Crippen LogP contribution is -2.47. The number of phenols is 1. The largest absolute Gasteiger partial charge is 0.508 e. The Morgan fingerprint density at radius 3 is 2.69 bits per heavy atom. The van der Waals surface area contributed by atoms with Crippen LogP contribution in [0.2, 0.25) is 0 Å². The van der Waals surface area contributed by atoms with Crippen LogP contribution < -0.4 is 5.14 Å². The second-order valence-corrected chi connectivity index (χ2v) is 13.4. The minimum atomic E-state index is -3.96. The lowest BCUT2D eigenvalue weighted by Gasteiger charge is -2.50. The van der Waals surface area contributed by atoms with Crippen LogP contribution in [-0.2, 0) is 26.0 Å². The molecule has 9 nitrogen and oxygen atoms in total. The molecule has 39 heavy (non-hydrogen) atoms. The number of aryl methyl sites for hydroxylation is 1. The van der Waals surface area contributed by atoms with Crippen LogP contribution in [0.15, 0.2) is 41.6 Å². The van der Waals surface area contributed by atoms with Crippen molar-refractivity contribution in [3.63, 3.8) is 0 Å². The zero-order chi connectivity index (χ0) is 27.5. The normalized spacial score (nSPS) is 31.7. The molecule has 2 heterocycles. The number of esters is 1. The first-order chi connectivity index (χ1) is 18.6. The highest BCUT2D eigenvalue weighted by molar-refractivity contribution is 7.89. The summed E-state index contributed by atoms with van der Waals surface area (Å²) in [5.74, 6) is 1.11. The summed E-state index contributed by atoms with van der Waals surface area (Å²) in [4.78, 5) is 32.0. The summed E-state index contributed by atoms with van der Waals surface area (Å²) in [6.07, 6.45) is 8.17. The Morgan fingerprint density at radius 2 is 1.95 bits per heavy atom. The van der Waals surface area contributed by atoms with Gasteiger partial charge < -0.3 is 14.7 Å². The Balaban J connectivity index is 1.15. The summed E-state index contributed by atoms with van der Waals surface area (Å²) in [5.41, 5.74) is 2.75. The average Bonchev–Trinajstić information content (AvgIpc) is 3.52. The van der Waals surface area contributed by atoms with E-state index in [0.29, 0.717) is 42.9 Å². The fourth-order valence-electron chi connectivity index (χ4n) is 8.03. The molecule has 6 atom stereocenters. The van der Waals surface area contributed by atoms with Gasteiger partial charge in [-0.25, -0.2) is 23.3 Å². The monoisotopic (exact) mass is 553 g/mol. The quantitative estimate of drug-likeness (QED) is 0.552. The SMILES string of the molecule is C[C@]12CC[C@@H]3c4ccc(O)cc4CC[C@H]3[C@@H]1CC[C@@H]2OC(=O)[C@@H]1CCCN1C(=O)c1ccc(S(N)(=O)=O)nc1. The average molecular weight is 554 g/mol. The maximum absolute atomic E-state index is 13.5. The van der Waals surface area contributed by atoms with Crippen molar-refractivity contribution in [2.45, 2.75) is 81.4 Å². The van der Waals surface area contributed by atoms with Crippen molar-refractivity contribution in [2.75, 3.05) is 6.54 Å². The van der Waals surface area contributed by atoms with E-state index in [9.17, 15) is 23.1 Å². The number of pyridine rings is 1. The number of nitrogens with two attached hydrogens (primary N) is 1. The van der Waals surface area contributed by atoms with E-state index < -0.39 is 16.1 Å². The third-order valence-electron chi connectivity index (χ3n) is 9.94. The zero-order valence-corrected chi connectivity index (χ0v) is 22.9. The van der Waals surface area contributed by atoms with Crippen LogP contribution in [0.4, 0.5) is 0 Å². The Hall–Kier alpha value is -2.98. The van der Waals surface area contributed by atoms with Crippen LogP contribution in [0.25, 0.3) is 0 Å². The number of phenolic OH excluding ortho intramolecular Hbond substituents is 1. The summed E-state index contributed by atoms with van der Waals surface area (Å²) >= 11 is 0. The Bertz CT molecular complexity index is 1410. The van der Waals surface area contributed by atoms with Crippen molar-refractivity contribution in [3.05, 3.63) is 53.2 Å². The smallest absolute Gasteiger partial charge is 0.329 e. The van der Waals surface area contributed by atoms with Crippen LogP contribution in [-0.4, -0.2) is 54.0 Å². The minimum absolute atomic E-state index is 0.0911. The number of aromatic nitrogens is 1. The van der Waals surface area contributed by atoms with E-state index in [-0.39, 0.29) is 34.0 Å². The van der Waals surface area contributed by atoms with Crippen LogP contribution in [0, 0.1) is 17.3 Å². The third-order valence-corrected chi connectivity index (χ3v) is 10.8. The highest BCUT2D eigenvalue weighted by Crippen LogP contribution is 2.61. The maximum Gasteiger partial charge on any atom is 0.329 e. The second kappa shape index (κ2) is 9.59. The molecule has 1 aliphatic heterocycles. The highest BCUT2D eigenvalue weighted by Gasteiger charge is 2.56. The summed E-state index contributed by atoms with van der Waals surface area (Å²) in [7, 11) is -3.96. The number of hydrogen-bond acceptors (Lipinski definition) is 7. The van der Waals surface area contributed by atoms with Crippen LogP contribution >= 0.6 is 0 Å². The lowest BCUT2D eigenvalue weighted by molar-refractivity contribution is -0.162. The van der Waals surface area contributed by atoms with Crippen molar-refractivity contribution in [1.29, 1.82) is 0 Å². The topological polar surface area (TPSA) is 140 Å². The van der Waals surface area contributed by atoms with Gasteiger partial charge in [0.15, 0.2) is 5.03 Å². The van der Waals surface area contributed by atoms with Crippen molar-refractivity contribution in [1.82, 2.24) is 9.88 Å².